The second-order valence-corrected chi connectivity index (χ2v) is 6.02. The van der Waals surface area contributed by atoms with Crippen LogP contribution in [-0.2, 0) is 6.54 Å². The summed E-state index contributed by atoms with van der Waals surface area (Å²) in [6, 6.07) is 9.36. The number of hydrogen-bond acceptors (Lipinski definition) is 2. The van der Waals surface area contributed by atoms with E-state index < -0.39 is 0 Å². The molecule has 1 aliphatic rings. The Labute approximate surface area is 113 Å². The molecule has 3 heteroatoms. The Hall–Kier alpha value is -0.380. The zero-order chi connectivity index (χ0) is 12.3. The summed E-state index contributed by atoms with van der Waals surface area (Å²) < 4.78 is 1.15. The van der Waals surface area contributed by atoms with E-state index in [9.17, 15) is 0 Å². The average molecular weight is 297 g/mol. The van der Waals surface area contributed by atoms with Crippen molar-refractivity contribution < 1.29 is 0 Å². The minimum atomic E-state index is 0.746. The van der Waals surface area contributed by atoms with Crippen molar-refractivity contribution in [1.29, 1.82) is 0 Å². The molecule has 0 N–H and O–H groups in total. The predicted octanol–water partition coefficient (Wildman–Crippen LogP) is 2.98. The van der Waals surface area contributed by atoms with Crippen LogP contribution in [0.5, 0.6) is 0 Å². The third-order valence-corrected chi connectivity index (χ3v) is 4.09. The molecule has 1 fully saturated rings. The third kappa shape index (κ3) is 3.80. The monoisotopic (exact) mass is 296 g/mol. The van der Waals surface area contributed by atoms with Gasteiger partial charge in [0.15, 0.2) is 0 Å². The Morgan fingerprint density at radius 1 is 1.35 bits per heavy atom. The normalized spacial score (nSPS) is 21.3. The van der Waals surface area contributed by atoms with Crippen LogP contribution in [0, 0.1) is 0 Å². The van der Waals surface area contributed by atoms with Gasteiger partial charge in [-0.05, 0) is 51.2 Å². The smallest absolute Gasteiger partial charge is 0.0231 e. The maximum absolute atomic E-state index is 3.47. The van der Waals surface area contributed by atoms with Gasteiger partial charge < -0.3 is 9.80 Å². The summed E-state index contributed by atoms with van der Waals surface area (Å²) in [7, 11) is 4.46. The van der Waals surface area contributed by atoms with Gasteiger partial charge in [-0.25, -0.2) is 0 Å². The van der Waals surface area contributed by atoms with Crippen molar-refractivity contribution in [1.82, 2.24) is 9.80 Å². The van der Waals surface area contributed by atoms with Crippen molar-refractivity contribution in [3.8, 4) is 0 Å². The first-order chi connectivity index (χ1) is 8.15. The van der Waals surface area contributed by atoms with Crippen molar-refractivity contribution >= 4 is 15.9 Å². The van der Waals surface area contributed by atoms with Crippen LogP contribution in [0.4, 0.5) is 0 Å². The highest BCUT2D eigenvalue weighted by atomic mass is 79.9. The van der Waals surface area contributed by atoms with Crippen LogP contribution in [0.3, 0.4) is 0 Å². The van der Waals surface area contributed by atoms with Crippen LogP contribution < -0.4 is 0 Å². The fourth-order valence-electron chi connectivity index (χ4n) is 2.54. The van der Waals surface area contributed by atoms with Crippen LogP contribution in [-0.4, -0.2) is 43.0 Å². The van der Waals surface area contributed by atoms with E-state index in [1.807, 2.05) is 0 Å². The summed E-state index contributed by atoms with van der Waals surface area (Å²) in [6.07, 6.45) is 2.70. The molecular formula is C14H21BrN2. The quantitative estimate of drug-likeness (QED) is 0.843. The standard InChI is InChI=1S/C14H21BrN2/c1-16(11-14-4-3-9-17(14)2)10-12-5-7-13(15)8-6-12/h5-8,14H,3-4,9-11H2,1-2H3. The number of likely N-dealkylation sites (N-methyl/N-ethyl adjacent to an activating group) is 2. The maximum Gasteiger partial charge on any atom is 0.0231 e. The zero-order valence-electron chi connectivity index (χ0n) is 10.7. The topological polar surface area (TPSA) is 6.48 Å². The number of likely N-dealkylation sites (tertiary alicyclic amines) is 1. The summed E-state index contributed by atoms with van der Waals surface area (Å²) in [5, 5.41) is 0. The molecule has 0 spiro atoms. The molecule has 1 aliphatic heterocycles. The van der Waals surface area contributed by atoms with E-state index in [1.165, 1.54) is 31.5 Å². The molecular weight excluding hydrogens is 276 g/mol. The van der Waals surface area contributed by atoms with E-state index in [4.69, 9.17) is 0 Å². The van der Waals surface area contributed by atoms with Gasteiger partial charge >= 0.3 is 0 Å². The van der Waals surface area contributed by atoms with E-state index >= 15 is 0 Å². The van der Waals surface area contributed by atoms with Gasteiger partial charge in [0.1, 0.15) is 0 Å². The molecule has 0 bridgehead atoms. The van der Waals surface area contributed by atoms with Gasteiger partial charge in [0.25, 0.3) is 0 Å². The lowest BCUT2D eigenvalue weighted by molar-refractivity contribution is 0.215. The van der Waals surface area contributed by atoms with E-state index in [-0.39, 0.29) is 0 Å². The Kier molecular flexibility index (Phi) is 4.60. The van der Waals surface area contributed by atoms with Crippen molar-refractivity contribution in [2.75, 3.05) is 27.2 Å². The van der Waals surface area contributed by atoms with E-state index in [2.05, 4.69) is 64.1 Å². The number of rotatable bonds is 4. The minimum absolute atomic E-state index is 0.746. The summed E-state index contributed by atoms with van der Waals surface area (Å²) in [4.78, 5) is 4.91. The first kappa shape index (κ1) is 13.1. The van der Waals surface area contributed by atoms with Crippen LogP contribution in [0.15, 0.2) is 28.7 Å². The van der Waals surface area contributed by atoms with Gasteiger partial charge in [-0.2, -0.15) is 0 Å². The molecule has 0 radical (unpaired) electrons. The maximum atomic E-state index is 3.47. The van der Waals surface area contributed by atoms with Crippen LogP contribution in [0.25, 0.3) is 0 Å². The molecule has 1 aromatic rings. The number of benzene rings is 1. The Morgan fingerprint density at radius 2 is 2.06 bits per heavy atom. The number of nitrogens with zero attached hydrogens (tertiary/aromatic N) is 2. The Bertz CT molecular complexity index is 350. The Morgan fingerprint density at radius 3 is 2.65 bits per heavy atom. The highest BCUT2D eigenvalue weighted by molar-refractivity contribution is 9.10. The highest BCUT2D eigenvalue weighted by Gasteiger charge is 2.21. The first-order valence-electron chi connectivity index (χ1n) is 6.28. The van der Waals surface area contributed by atoms with Gasteiger partial charge in [-0.15, -0.1) is 0 Å². The summed E-state index contributed by atoms with van der Waals surface area (Å²) >= 11 is 3.47. The summed E-state index contributed by atoms with van der Waals surface area (Å²) in [5.74, 6) is 0. The molecule has 2 nitrogen and oxygen atoms in total. The van der Waals surface area contributed by atoms with Crippen LogP contribution in [0.1, 0.15) is 18.4 Å². The van der Waals surface area contributed by atoms with Crippen LogP contribution in [0.2, 0.25) is 0 Å². The SMILES string of the molecule is CN(Cc1ccc(Br)cc1)CC1CCCN1C. The molecule has 2 rings (SSSR count). The van der Waals surface area contributed by atoms with Crippen molar-refractivity contribution in [3.63, 3.8) is 0 Å². The molecule has 1 saturated heterocycles. The molecule has 1 heterocycles. The summed E-state index contributed by atoms with van der Waals surface area (Å²) in [5.41, 5.74) is 1.39. The molecule has 1 unspecified atom stereocenters. The highest BCUT2D eigenvalue weighted by Crippen LogP contribution is 2.17. The molecule has 0 aromatic heterocycles. The molecule has 94 valence electrons. The van der Waals surface area contributed by atoms with Crippen molar-refractivity contribution in [2.45, 2.75) is 25.4 Å². The zero-order valence-corrected chi connectivity index (χ0v) is 12.3. The molecule has 0 amide bonds. The lowest BCUT2D eigenvalue weighted by Gasteiger charge is -2.25. The van der Waals surface area contributed by atoms with E-state index in [0.717, 1.165) is 17.1 Å². The summed E-state index contributed by atoms with van der Waals surface area (Å²) in [6.45, 7) is 3.47. The van der Waals surface area contributed by atoms with Gasteiger partial charge in [0, 0.05) is 23.6 Å². The van der Waals surface area contributed by atoms with Gasteiger partial charge in [0.2, 0.25) is 0 Å². The molecule has 1 aromatic carbocycles. The minimum Gasteiger partial charge on any atom is -0.302 e. The van der Waals surface area contributed by atoms with Gasteiger partial charge in [-0.3, -0.25) is 0 Å². The fourth-order valence-corrected chi connectivity index (χ4v) is 2.80. The number of hydrogen-bond donors (Lipinski definition) is 0. The second kappa shape index (κ2) is 5.98. The molecule has 0 saturated carbocycles. The van der Waals surface area contributed by atoms with E-state index in [1.54, 1.807) is 0 Å². The van der Waals surface area contributed by atoms with Crippen molar-refractivity contribution in [3.05, 3.63) is 34.3 Å². The van der Waals surface area contributed by atoms with Gasteiger partial charge in [0.05, 0.1) is 0 Å². The average Bonchev–Trinajstić information content (AvgIpc) is 2.68. The molecule has 0 aliphatic carbocycles. The predicted molar refractivity (Wildman–Crippen MR) is 76.1 cm³/mol. The van der Waals surface area contributed by atoms with Crippen LogP contribution >= 0.6 is 15.9 Å². The molecule has 1 atom stereocenters. The molecule has 17 heavy (non-hydrogen) atoms. The first-order valence-corrected chi connectivity index (χ1v) is 7.07. The van der Waals surface area contributed by atoms with E-state index in [0.29, 0.717) is 0 Å². The largest absolute Gasteiger partial charge is 0.302 e. The number of halogens is 1. The fraction of sp³-hybridized carbons (Fsp3) is 0.571. The second-order valence-electron chi connectivity index (χ2n) is 5.10. The lowest BCUT2D eigenvalue weighted by atomic mass is 10.2. The Balaban J connectivity index is 1.84. The van der Waals surface area contributed by atoms with Gasteiger partial charge in [-0.1, -0.05) is 28.1 Å². The van der Waals surface area contributed by atoms with Crippen molar-refractivity contribution in [2.24, 2.45) is 0 Å². The lowest BCUT2D eigenvalue weighted by Crippen LogP contribution is -2.36. The third-order valence-electron chi connectivity index (χ3n) is 3.56.